The highest BCUT2D eigenvalue weighted by molar-refractivity contribution is 6.30. The third-order valence-corrected chi connectivity index (χ3v) is 12.2. The first-order chi connectivity index (χ1) is 30.2. The molecule has 61 heavy (non-hydrogen) atoms. The van der Waals surface area contributed by atoms with Crippen molar-refractivity contribution in [3.8, 4) is 0 Å². The quantitative estimate of drug-likeness (QED) is 0.157. The molecular weight excluding hydrogens is 749 g/mol. The van der Waals surface area contributed by atoms with Gasteiger partial charge < -0.3 is 23.1 Å². The maximum Gasteiger partial charge on any atom is 0.159 e. The molecule has 0 saturated carbocycles. The lowest BCUT2D eigenvalue weighted by Crippen LogP contribution is -2.09. The number of benzene rings is 10. The number of furan rings is 3. The molecule has 5 nitrogen and oxygen atoms in total. The van der Waals surface area contributed by atoms with Crippen molar-refractivity contribution in [3.63, 3.8) is 0 Å². The number of para-hydroxylation sites is 5. The molecule has 0 bridgehead atoms. The highest BCUT2D eigenvalue weighted by Crippen LogP contribution is 2.47. The van der Waals surface area contributed by atoms with Crippen LogP contribution in [0.4, 0.5) is 34.1 Å². The van der Waals surface area contributed by atoms with Crippen LogP contribution in [-0.2, 0) is 0 Å². The summed E-state index contributed by atoms with van der Waals surface area (Å²) < 4.78 is 19.9. The molecular formula is C56H34N2O3. The van der Waals surface area contributed by atoms with Gasteiger partial charge in [-0.3, -0.25) is 0 Å². The Morgan fingerprint density at radius 3 is 1.51 bits per heavy atom. The summed E-state index contributed by atoms with van der Waals surface area (Å²) >= 11 is 0. The van der Waals surface area contributed by atoms with Gasteiger partial charge in [0.25, 0.3) is 0 Å². The summed E-state index contributed by atoms with van der Waals surface area (Å²) in [7, 11) is 0. The molecule has 0 spiro atoms. The Kier molecular flexibility index (Phi) is 7.24. The van der Waals surface area contributed by atoms with Gasteiger partial charge in [-0.2, -0.15) is 0 Å². The molecule has 5 heteroatoms. The highest BCUT2D eigenvalue weighted by Gasteiger charge is 2.23. The minimum atomic E-state index is 0.818. The zero-order chi connectivity index (χ0) is 40.0. The van der Waals surface area contributed by atoms with E-state index in [0.29, 0.717) is 0 Å². The number of rotatable bonds is 6. The molecule has 3 heterocycles. The van der Waals surface area contributed by atoms with Crippen LogP contribution >= 0.6 is 0 Å². The molecule has 13 rings (SSSR count). The van der Waals surface area contributed by atoms with Crippen LogP contribution in [0.2, 0.25) is 0 Å². The first-order valence-corrected chi connectivity index (χ1v) is 20.6. The summed E-state index contributed by atoms with van der Waals surface area (Å²) in [5, 5.41) is 11.1. The lowest BCUT2D eigenvalue weighted by atomic mass is 9.96. The van der Waals surface area contributed by atoms with Crippen LogP contribution in [-0.4, -0.2) is 0 Å². The van der Waals surface area contributed by atoms with Gasteiger partial charge in [-0.15, -0.1) is 0 Å². The summed E-state index contributed by atoms with van der Waals surface area (Å²) in [4.78, 5) is 4.59. The molecule has 0 saturated heterocycles. The smallest absolute Gasteiger partial charge is 0.159 e. The SMILES string of the molecule is c1ccc(N(c2ccc3oc4ccccc4c3c2)c2ccc3c(c2)c2ccccc2c2c4ccc(N(c5ccccc5)c5cccc6c5oc5ccccc56)cc4oc32)cc1. The number of fused-ring (bicyclic) bond motifs is 14. The molecule has 0 aliphatic heterocycles. The van der Waals surface area contributed by atoms with Crippen molar-refractivity contribution >= 4 is 121 Å². The summed E-state index contributed by atoms with van der Waals surface area (Å²) in [5.41, 5.74) is 11.3. The summed E-state index contributed by atoms with van der Waals surface area (Å²) in [6.07, 6.45) is 0. The topological polar surface area (TPSA) is 45.9 Å². The zero-order valence-electron chi connectivity index (χ0n) is 32.7. The fraction of sp³-hybridized carbons (Fsp3) is 0. The molecule has 10 aromatic carbocycles. The van der Waals surface area contributed by atoms with Crippen molar-refractivity contribution in [2.24, 2.45) is 0 Å². The third-order valence-electron chi connectivity index (χ3n) is 12.2. The van der Waals surface area contributed by atoms with Crippen LogP contribution in [0.25, 0.3) is 87.4 Å². The van der Waals surface area contributed by atoms with Crippen LogP contribution in [0.1, 0.15) is 0 Å². The van der Waals surface area contributed by atoms with E-state index in [1.54, 1.807) is 0 Å². The molecule has 0 radical (unpaired) electrons. The van der Waals surface area contributed by atoms with E-state index in [1.165, 1.54) is 5.39 Å². The Labute approximate surface area is 349 Å². The molecule has 0 amide bonds. The summed E-state index contributed by atoms with van der Waals surface area (Å²) in [6.45, 7) is 0. The van der Waals surface area contributed by atoms with Crippen molar-refractivity contribution in [1.82, 2.24) is 0 Å². The standard InChI is InChI=1S/C56H34N2O3/c1-3-14-35(15-4-1)57(38-28-31-52-48(33-38)42-20-10-11-24-50(42)59-52)37-26-29-45-47(32-37)40-18-7-8-21-43(40)54-46-30-27-39(34-53(46)61-56(45)54)58(36-16-5-2-6-17-36)49-23-13-22-44-41-19-9-12-25-51(41)60-55(44)49/h1-34H. The van der Waals surface area contributed by atoms with Gasteiger partial charge in [0.2, 0.25) is 0 Å². The first kappa shape index (κ1) is 33.7. The van der Waals surface area contributed by atoms with Gasteiger partial charge >= 0.3 is 0 Å². The third kappa shape index (κ3) is 5.14. The summed E-state index contributed by atoms with van der Waals surface area (Å²) in [5.74, 6) is 0. The number of nitrogens with zero attached hydrogens (tertiary/aromatic N) is 2. The monoisotopic (exact) mass is 782 g/mol. The Morgan fingerprint density at radius 2 is 0.754 bits per heavy atom. The van der Waals surface area contributed by atoms with Gasteiger partial charge in [-0.25, -0.2) is 0 Å². The van der Waals surface area contributed by atoms with Gasteiger partial charge in [-0.1, -0.05) is 109 Å². The van der Waals surface area contributed by atoms with Gasteiger partial charge in [0.1, 0.15) is 27.9 Å². The van der Waals surface area contributed by atoms with Crippen molar-refractivity contribution in [2.75, 3.05) is 9.80 Å². The minimum Gasteiger partial charge on any atom is -0.456 e. The van der Waals surface area contributed by atoms with Crippen LogP contribution < -0.4 is 9.80 Å². The van der Waals surface area contributed by atoms with E-state index in [4.69, 9.17) is 13.3 Å². The number of hydrogen-bond donors (Lipinski definition) is 0. The first-order valence-electron chi connectivity index (χ1n) is 20.6. The number of hydrogen-bond acceptors (Lipinski definition) is 5. The largest absolute Gasteiger partial charge is 0.456 e. The molecule has 0 aliphatic carbocycles. The predicted octanol–water partition coefficient (Wildman–Crippen LogP) is 16.6. The average molecular weight is 783 g/mol. The van der Waals surface area contributed by atoms with E-state index in [-0.39, 0.29) is 0 Å². The lowest BCUT2D eigenvalue weighted by molar-refractivity contribution is 0.668. The van der Waals surface area contributed by atoms with Gasteiger partial charge in [-0.05, 0) is 107 Å². The van der Waals surface area contributed by atoms with E-state index in [1.807, 2.05) is 30.3 Å². The lowest BCUT2D eigenvalue weighted by Gasteiger charge is -2.26. The Morgan fingerprint density at radius 1 is 0.246 bits per heavy atom. The van der Waals surface area contributed by atoms with Crippen LogP contribution in [0.15, 0.2) is 220 Å². The van der Waals surface area contributed by atoms with E-state index >= 15 is 0 Å². The molecule has 0 fully saturated rings. The van der Waals surface area contributed by atoms with E-state index in [0.717, 1.165) is 116 Å². The zero-order valence-corrected chi connectivity index (χ0v) is 32.7. The Hall–Kier alpha value is -8.28. The Balaban J connectivity index is 1.01. The Bertz CT molecular complexity index is 3840. The van der Waals surface area contributed by atoms with Crippen molar-refractivity contribution in [1.29, 1.82) is 0 Å². The number of anilines is 6. The second kappa shape index (κ2) is 13.1. The fourth-order valence-electron chi connectivity index (χ4n) is 9.50. The molecule has 0 aliphatic rings. The van der Waals surface area contributed by atoms with Crippen molar-refractivity contribution in [3.05, 3.63) is 206 Å². The molecule has 3 aromatic heterocycles. The second-order valence-electron chi connectivity index (χ2n) is 15.6. The average Bonchev–Trinajstić information content (AvgIpc) is 4.02. The maximum absolute atomic E-state index is 7.05. The normalized spacial score (nSPS) is 11.9. The van der Waals surface area contributed by atoms with Crippen molar-refractivity contribution < 1.29 is 13.3 Å². The van der Waals surface area contributed by atoms with Crippen LogP contribution in [0.3, 0.4) is 0 Å². The van der Waals surface area contributed by atoms with Gasteiger partial charge in [0.05, 0.1) is 11.4 Å². The second-order valence-corrected chi connectivity index (χ2v) is 15.6. The molecule has 286 valence electrons. The van der Waals surface area contributed by atoms with Crippen molar-refractivity contribution in [2.45, 2.75) is 0 Å². The predicted molar refractivity (Wildman–Crippen MR) is 253 cm³/mol. The molecule has 13 aromatic rings. The molecule has 0 unspecified atom stereocenters. The maximum atomic E-state index is 7.05. The summed E-state index contributed by atoms with van der Waals surface area (Å²) in [6, 6.07) is 72.4. The molecule has 0 N–H and O–H groups in total. The van der Waals surface area contributed by atoms with Crippen LogP contribution in [0.5, 0.6) is 0 Å². The minimum absolute atomic E-state index is 0.818. The van der Waals surface area contributed by atoms with E-state index in [9.17, 15) is 0 Å². The fourth-order valence-corrected chi connectivity index (χ4v) is 9.50. The van der Waals surface area contributed by atoms with Crippen LogP contribution in [0, 0.1) is 0 Å². The highest BCUT2D eigenvalue weighted by atomic mass is 16.3. The van der Waals surface area contributed by atoms with Gasteiger partial charge in [0.15, 0.2) is 5.58 Å². The van der Waals surface area contributed by atoms with Gasteiger partial charge in [0, 0.05) is 66.5 Å². The van der Waals surface area contributed by atoms with E-state index < -0.39 is 0 Å². The molecule has 0 atom stereocenters. The van der Waals surface area contributed by atoms with E-state index in [2.05, 4.69) is 186 Å².